The van der Waals surface area contributed by atoms with Crippen LogP contribution in [0.4, 0.5) is 5.82 Å². The van der Waals surface area contributed by atoms with Crippen LogP contribution < -0.4 is 10.6 Å². The number of primary amides is 1. The van der Waals surface area contributed by atoms with Crippen molar-refractivity contribution in [3.05, 3.63) is 23.9 Å². The van der Waals surface area contributed by atoms with Gasteiger partial charge in [0, 0.05) is 51.5 Å². The van der Waals surface area contributed by atoms with Gasteiger partial charge in [-0.15, -0.1) is 0 Å². The Morgan fingerprint density at radius 1 is 1.18 bits per heavy atom. The third-order valence-corrected chi connectivity index (χ3v) is 6.86. The number of hydrogen-bond donors (Lipinski definition) is 1. The second kappa shape index (κ2) is 8.07. The maximum Gasteiger partial charge on any atom is 0.250 e. The van der Waals surface area contributed by atoms with Crippen molar-refractivity contribution < 1.29 is 14.3 Å². The van der Waals surface area contributed by atoms with Gasteiger partial charge in [-0.1, -0.05) is 0 Å². The van der Waals surface area contributed by atoms with E-state index in [2.05, 4.69) is 9.88 Å². The summed E-state index contributed by atoms with van der Waals surface area (Å²) in [5, 5.41) is 0. The number of piperidine rings is 1. The molecule has 28 heavy (non-hydrogen) atoms. The van der Waals surface area contributed by atoms with Crippen LogP contribution in [0.2, 0.25) is 0 Å². The number of carbonyl (C=O) groups excluding carboxylic acids is 2. The number of nitrogens with two attached hydrogens (primary N) is 1. The van der Waals surface area contributed by atoms with Gasteiger partial charge in [0.15, 0.2) is 0 Å². The van der Waals surface area contributed by atoms with Crippen molar-refractivity contribution in [3.8, 4) is 0 Å². The van der Waals surface area contributed by atoms with Crippen LogP contribution in [0, 0.1) is 17.8 Å². The zero-order chi connectivity index (χ0) is 19.7. The molecular formula is C21H30N4O3. The van der Waals surface area contributed by atoms with Crippen LogP contribution >= 0.6 is 0 Å². The number of rotatable bonds is 4. The highest BCUT2D eigenvalue weighted by atomic mass is 16.5. The number of pyridine rings is 1. The van der Waals surface area contributed by atoms with Gasteiger partial charge in [-0.3, -0.25) is 9.59 Å². The quantitative estimate of drug-likeness (QED) is 0.850. The van der Waals surface area contributed by atoms with Gasteiger partial charge < -0.3 is 20.3 Å². The molecule has 0 spiro atoms. The summed E-state index contributed by atoms with van der Waals surface area (Å²) in [7, 11) is 1.99. The average molecular weight is 386 g/mol. The van der Waals surface area contributed by atoms with Crippen molar-refractivity contribution in [1.82, 2.24) is 9.88 Å². The van der Waals surface area contributed by atoms with E-state index in [0.29, 0.717) is 42.6 Å². The predicted molar refractivity (Wildman–Crippen MR) is 106 cm³/mol. The van der Waals surface area contributed by atoms with Gasteiger partial charge in [0.2, 0.25) is 11.8 Å². The molecule has 2 N–H and O–H groups in total. The predicted octanol–water partition coefficient (Wildman–Crippen LogP) is 1.67. The smallest absolute Gasteiger partial charge is 0.250 e. The fraction of sp³-hybridized carbons (Fsp3) is 0.667. The number of aromatic nitrogens is 1. The summed E-state index contributed by atoms with van der Waals surface area (Å²) in [6.45, 7) is 3.34. The summed E-state index contributed by atoms with van der Waals surface area (Å²) >= 11 is 0. The van der Waals surface area contributed by atoms with Crippen LogP contribution in [-0.4, -0.2) is 61.1 Å². The summed E-state index contributed by atoms with van der Waals surface area (Å²) in [5.41, 5.74) is 5.74. The molecule has 0 aromatic carbocycles. The summed E-state index contributed by atoms with van der Waals surface area (Å²) < 4.78 is 5.40. The highest BCUT2D eigenvalue weighted by molar-refractivity contribution is 5.92. The molecule has 1 aromatic rings. The Morgan fingerprint density at radius 2 is 1.93 bits per heavy atom. The average Bonchev–Trinajstić information content (AvgIpc) is 3.16. The Kier molecular flexibility index (Phi) is 5.53. The Balaban J connectivity index is 1.36. The molecule has 1 aromatic heterocycles. The van der Waals surface area contributed by atoms with E-state index < -0.39 is 5.91 Å². The first-order valence-corrected chi connectivity index (χ1v) is 10.4. The molecule has 2 saturated heterocycles. The van der Waals surface area contributed by atoms with Crippen molar-refractivity contribution in [2.45, 2.75) is 38.1 Å². The number of hydrogen-bond acceptors (Lipinski definition) is 5. The van der Waals surface area contributed by atoms with Crippen LogP contribution in [0.15, 0.2) is 18.3 Å². The molecule has 1 aliphatic carbocycles. The maximum atomic E-state index is 12.9. The van der Waals surface area contributed by atoms with Crippen molar-refractivity contribution >= 4 is 17.6 Å². The topological polar surface area (TPSA) is 88.8 Å². The first-order valence-electron chi connectivity index (χ1n) is 10.4. The standard InChI is InChI=1S/C21H30N4O3/c1-24(21(27)14-5-8-28-9-6-14)18-10-15-4-7-25(13-17(15)11-18)19-3-2-16(12-23-19)20(22)26/h2-3,12,14-15,17-18H,4-11,13H2,1H3,(H2,22,26)/t15-,17-,18+/m1/s1. The van der Waals surface area contributed by atoms with E-state index in [1.165, 1.54) is 0 Å². The summed E-state index contributed by atoms with van der Waals surface area (Å²) in [6.07, 6.45) is 6.55. The molecule has 7 nitrogen and oxygen atoms in total. The van der Waals surface area contributed by atoms with Crippen molar-refractivity contribution in [2.24, 2.45) is 23.5 Å². The first-order chi connectivity index (χ1) is 13.5. The van der Waals surface area contributed by atoms with E-state index in [4.69, 9.17) is 10.5 Å². The third-order valence-electron chi connectivity index (χ3n) is 6.86. The van der Waals surface area contributed by atoms with Crippen LogP contribution in [0.5, 0.6) is 0 Å². The van der Waals surface area contributed by atoms with E-state index in [1.807, 2.05) is 18.0 Å². The van der Waals surface area contributed by atoms with Crippen molar-refractivity contribution in [3.63, 3.8) is 0 Å². The molecule has 2 aliphatic heterocycles. The minimum atomic E-state index is -0.450. The highest BCUT2D eigenvalue weighted by Gasteiger charge is 2.41. The number of nitrogens with zero attached hydrogens (tertiary/aromatic N) is 3. The van der Waals surface area contributed by atoms with E-state index in [-0.39, 0.29) is 5.92 Å². The fourth-order valence-corrected chi connectivity index (χ4v) is 5.11. The lowest BCUT2D eigenvalue weighted by atomic mass is 9.89. The molecule has 0 unspecified atom stereocenters. The summed E-state index contributed by atoms with van der Waals surface area (Å²) in [5.74, 6) is 2.14. The van der Waals surface area contributed by atoms with Gasteiger partial charge in [-0.25, -0.2) is 4.98 Å². The number of carbonyl (C=O) groups is 2. The first kappa shape index (κ1) is 19.2. The highest BCUT2D eigenvalue weighted by Crippen LogP contribution is 2.41. The van der Waals surface area contributed by atoms with Crippen LogP contribution in [-0.2, 0) is 9.53 Å². The second-order valence-electron chi connectivity index (χ2n) is 8.49. The Bertz CT molecular complexity index is 717. The zero-order valence-corrected chi connectivity index (χ0v) is 16.5. The molecule has 1 saturated carbocycles. The monoisotopic (exact) mass is 386 g/mol. The normalized spacial score (nSPS) is 28.0. The van der Waals surface area contributed by atoms with Gasteiger partial charge in [-0.05, 0) is 56.1 Å². The van der Waals surface area contributed by atoms with Crippen LogP contribution in [0.1, 0.15) is 42.5 Å². The molecule has 3 heterocycles. The number of anilines is 1. The summed E-state index contributed by atoms with van der Waals surface area (Å²) in [6, 6.07) is 3.97. The Morgan fingerprint density at radius 3 is 2.61 bits per heavy atom. The molecule has 152 valence electrons. The molecule has 3 fully saturated rings. The second-order valence-corrected chi connectivity index (χ2v) is 8.49. The lowest BCUT2D eigenvalue weighted by molar-refractivity contribution is -0.139. The largest absolute Gasteiger partial charge is 0.381 e. The van der Waals surface area contributed by atoms with E-state index in [9.17, 15) is 9.59 Å². The van der Waals surface area contributed by atoms with Gasteiger partial charge in [0.25, 0.3) is 0 Å². The van der Waals surface area contributed by atoms with Crippen molar-refractivity contribution in [2.75, 3.05) is 38.3 Å². The summed E-state index contributed by atoms with van der Waals surface area (Å²) in [4.78, 5) is 32.9. The lowest BCUT2D eigenvalue weighted by Gasteiger charge is -2.35. The molecular weight excluding hydrogens is 356 g/mol. The number of fused-ring (bicyclic) bond motifs is 1. The van der Waals surface area contributed by atoms with Gasteiger partial charge in [0.05, 0.1) is 5.56 Å². The SMILES string of the molecule is CN(C(=O)C1CCOCC1)[C@H]1C[C@H]2CCN(c3ccc(C(N)=O)cn3)C[C@H]2C1. The molecule has 2 amide bonds. The molecule has 3 atom stereocenters. The van der Waals surface area contributed by atoms with E-state index in [1.54, 1.807) is 12.3 Å². The molecule has 7 heteroatoms. The zero-order valence-electron chi connectivity index (χ0n) is 16.5. The molecule has 0 bridgehead atoms. The minimum absolute atomic E-state index is 0.130. The third kappa shape index (κ3) is 3.85. The minimum Gasteiger partial charge on any atom is -0.381 e. The van der Waals surface area contributed by atoms with Crippen molar-refractivity contribution in [1.29, 1.82) is 0 Å². The van der Waals surface area contributed by atoms with Crippen LogP contribution in [0.3, 0.4) is 0 Å². The maximum absolute atomic E-state index is 12.9. The van der Waals surface area contributed by atoms with Gasteiger partial charge >= 0.3 is 0 Å². The molecule has 3 aliphatic rings. The van der Waals surface area contributed by atoms with Gasteiger partial charge in [-0.2, -0.15) is 0 Å². The lowest BCUT2D eigenvalue weighted by Crippen LogP contribution is -2.41. The molecule has 4 rings (SSSR count). The number of ether oxygens (including phenoxy) is 1. The van der Waals surface area contributed by atoms with E-state index in [0.717, 1.165) is 51.0 Å². The van der Waals surface area contributed by atoms with E-state index >= 15 is 0 Å². The van der Waals surface area contributed by atoms with Gasteiger partial charge in [0.1, 0.15) is 5.82 Å². The Labute approximate surface area is 166 Å². The Hall–Kier alpha value is -2.15. The van der Waals surface area contributed by atoms with Crippen LogP contribution in [0.25, 0.3) is 0 Å². The molecule has 0 radical (unpaired) electrons. The number of amides is 2. The fourth-order valence-electron chi connectivity index (χ4n) is 5.11.